The lowest BCUT2D eigenvalue weighted by molar-refractivity contribution is 0.250. The van der Waals surface area contributed by atoms with Gasteiger partial charge >= 0.3 is 0 Å². The van der Waals surface area contributed by atoms with Gasteiger partial charge in [-0.1, -0.05) is 30.3 Å². The lowest BCUT2D eigenvalue weighted by atomic mass is 10.2. The largest absolute Gasteiger partial charge is 0.346 e. The second kappa shape index (κ2) is 6.35. The number of benzene rings is 1. The highest BCUT2D eigenvalue weighted by molar-refractivity contribution is 7.13. The van der Waals surface area contributed by atoms with Crippen LogP contribution < -0.4 is 10.6 Å². The molecule has 106 valence electrons. The Balaban J connectivity index is 1.54. The van der Waals surface area contributed by atoms with Crippen LogP contribution in [0.15, 0.2) is 35.7 Å². The van der Waals surface area contributed by atoms with Crippen LogP contribution >= 0.6 is 11.3 Å². The average molecular weight is 288 g/mol. The molecule has 1 aromatic heterocycles. The zero-order chi connectivity index (χ0) is 13.8. The van der Waals surface area contributed by atoms with Crippen molar-refractivity contribution in [2.24, 2.45) is 5.73 Å². The van der Waals surface area contributed by atoms with Crippen LogP contribution in [0.1, 0.15) is 11.3 Å². The number of nitrogens with zero attached hydrogens (tertiary/aromatic N) is 3. The van der Waals surface area contributed by atoms with Gasteiger partial charge in [-0.3, -0.25) is 4.90 Å². The molecule has 5 heteroatoms. The molecular weight excluding hydrogens is 268 g/mol. The Morgan fingerprint density at radius 2 is 1.85 bits per heavy atom. The van der Waals surface area contributed by atoms with Gasteiger partial charge in [0.2, 0.25) is 0 Å². The molecule has 0 radical (unpaired) electrons. The standard InChI is InChI=1S/C15H20N4S/c16-10-14-12-20-15(17-14)19-8-6-18(7-9-19)11-13-4-2-1-3-5-13/h1-5,12H,6-11,16H2. The van der Waals surface area contributed by atoms with E-state index in [2.05, 4.69) is 50.5 Å². The molecule has 0 amide bonds. The third kappa shape index (κ3) is 3.17. The quantitative estimate of drug-likeness (QED) is 0.933. The number of piperazine rings is 1. The number of nitrogens with two attached hydrogens (primary N) is 1. The molecule has 2 N–H and O–H groups in total. The minimum atomic E-state index is 0.532. The van der Waals surface area contributed by atoms with Crippen molar-refractivity contribution in [1.29, 1.82) is 0 Å². The van der Waals surface area contributed by atoms with E-state index in [0.717, 1.165) is 43.5 Å². The number of aromatic nitrogens is 1. The van der Waals surface area contributed by atoms with E-state index in [1.807, 2.05) is 0 Å². The third-order valence-corrected chi connectivity index (χ3v) is 4.59. The summed E-state index contributed by atoms with van der Waals surface area (Å²) in [6, 6.07) is 10.7. The minimum Gasteiger partial charge on any atom is -0.346 e. The summed E-state index contributed by atoms with van der Waals surface area (Å²) < 4.78 is 0. The molecule has 1 aromatic carbocycles. The topological polar surface area (TPSA) is 45.4 Å². The monoisotopic (exact) mass is 288 g/mol. The van der Waals surface area contributed by atoms with Crippen molar-refractivity contribution < 1.29 is 0 Å². The Morgan fingerprint density at radius 1 is 1.10 bits per heavy atom. The van der Waals surface area contributed by atoms with Crippen molar-refractivity contribution >= 4 is 16.5 Å². The predicted molar refractivity (Wildman–Crippen MR) is 83.9 cm³/mol. The summed E-state index contributed by atoms with van der Waals surface area (Å²) in [6.07, 6.45) is 0. The van der Waals surface area contributed by atoms with Gasteiger partial charge in [0.25, 0.3) is 0 Å². The van der Waals surface area contributed by atoms with E-state index in [4.69, 9.17) is 5.73 Å². The first-order valence-corrected chi connectivity index (χ1v) is 7.89. The molecule has 2 aromatic rings. The van der Waals surface area contributed by atoms with Crippen LogP contribution in [-0.2, 0) is 13.1 Å². The summed E-state index contributed by atoms with van der Waals surface area (Å²) in [5.41, 5.74) is 8.00. The van der Waals surface area contributed by atoms with Gasteiger partial charge in [0.15, 0.2) is 5.13 Å². The molecule has 1 aliphatic heterocycles. The Hall–Kier alpha value is -1.43. The van der Waals surface area contributed by atoms with Crippen LogP contribution in [0.4, 0.5) is 5.13 Å². The molecule has 3 rings (SSSR count). The van der Waals surface area contributed by atoms with Crippen LogP contribution in [0.25, 0.3) is 0 Å². The second-order valence-electron chi connectivity index (χ2n) is 5.07. The molecule has 2 heterocycles. The fourth-order valence-electron chi connectivity index (χ4n) is 2.47. The molecule has 1 aliphatic rings. The Bertz CT molecular complexity index is 532. The smallest absolute Gasteiger partial charge is 0.185 e. The van der Waals surface area contributed by atoms with E-state index in [0.29, 0.717) is 6.54 Å². The predicted octanol–water partition coefficient (Wildman–Crippen LogP) is 1.92. The van der Waals surface area contributed by atoms with Gasteiger partial charge in [0.1, 0.15) is 0 Å². The van der Waals surface area contributed by atoms with Crippen molar-refractivity contribution in [3.05, 3.63) is 47.0 Å². The molecule has 0 spiro atoms. The first kappa shape index (κ1) is 13.5. The lowest BCUT2D eigenvalue weighted by Crippen LogP contribution is -2.45. The molecule has 0 unspecified atom stereocenters. The Labute approximate surface area is 123 Å². The molecule has 0 bridgehead atoms. The minimum absolute atomic E-state index is 0.532. The first-order chi connectivity index (χ1) is 9.85. The summed E-state index contributed by atoms with van der Waals surface area (Å²) >= 11 is 1.70. The highest BCUT2D eigenvalue weighted by atomic mass is 32.1. The summed E-state index contributed by atoms with van der Waals surface area (Å²) in [7, 11) is 0. The zero-order valence-electron chi connectivity index (χ0n) is 11.5. The van der Waals surface area contributed by atoms with Crippen molar-refractivity contribution in [1.82, 2.24) is 9.88 Å². The summed E-state index contributed by atoms with van der Waals surface area (Å²) in [5.74, 6) is 0. The van der Waals surface area contributed by atoms with Gasteiger partial charge in [0, 0.05) is 44.6 Å². The van der Waals surface area contributed by atoms with Crippen molar-refractivity contribution in [2.45, 2.75) is 13.1 Å². The maximum Gasteiger partial charge on any atom is 0.185 e. The summed E-state index contributed by atoms with van der Waals surface area (Å²) in [4.78, 5) is 9.43. The van der Waals surface area contributed by atoms with Gasteiger partial charge in [0.05, 0.1) is 5.69 Å². The van der Waals surface area contributed by atoms with Gasteiger partial charge in [-0.05, 0) is 5.56 Å². The van der Waals surface area contributed by atoms with Crippen LogP contribution in [0.3, 0.4) is 0 Å². The molecule has 20 heavy (non-hydrogen) atoms. The molecule has 1 saturated heterocycles. The number of anilines is 1. The fraction of sp³-hybridized carbons (Fsp3) is 0.400. The fourth-order valence-corrected chi connectivity index (χ4v) is 3.37. The molecule has 0 atom stereocenters. The third-order valence-electron chi connectivity index (χ3n) is 3.64. The Morgan fingerprint density at radius 3 is 2.50 bits per heavy atom. The average Bonchev–Trinajstić information content (AvgIpc) is 2.98. The molecule has 0 saturated carbocycles. The number of thiazole rings is 1. The van der Waals surface area contributed by atoms with E-state index < -0.39 is 0 Å². The molecule has 4 nitrogen and oxygen atoms in total. The van der Waals surface area contributed by atoms with Gasteiger partial charge in [-0.25, -0.2) is 4.98 Å². The van der Waals surface area contributed by atoms with Crippen LogP contribution in [0, 0.1) is 0 Å². The van der Waals surface area contributed by atoms with Gasteiger partial charge in [-0.2, -0.15) is 0 Å². The van der Waals surface area contributed by atoms with Crippen LogP contribution in [0.5, 0.6) is 0 Å². The number of rotatable bonds is 4. The maximum atomic E-state index is 5.62. The van der Waals surface area contributed by atoms with Gasteiger partial charge < -0.3 is 10.6 Å². The summed E-state index contributed by atoms with van der Waals surface area (Å²) in [6.45, 7) is 5.85. The Kier molecular flexibility index (Phi) is 4.30. The first-order valence-electron chi connectivity index (χ1n) is 7.01. The number of hydrogen-bond acceptors (Lipinski definition) is 5. The van der Waals surface area contributed by atoms with Crippen molar-refractivity contribution in [3.8, 4) is 0 Å². The van der Waals surface area contributed by atoms with Crippen molar-refractivity contribution in [3.63, 3.8) is 0 Å². The van der Waals surface area contributed by atoms with E-state index in [-0.39, 0.29) is 0 Å². The van der Waals surface area contributed by atoms with Crippen LogP contribution in [-0.4, -0.2) is 36.1 Å². The summed E-state index contributed by atoms with van der Waals surface area (Å²) in [5, 5.41) is 3.18. The molecular formula is C15H20N4S. The lowest BCUT2D eigenvalue weighted by Gasteiger charge is -2.34. The highest BCUT2D eigenvalue weighted by Crippen LogP contribution is 2.22. The highest BCUT2D eigenvalue weighted by Gasteiger charge is 2.19. The van der Waals surface area contributed by atoms with Gasteiger partial charge in [-0.15, -0.1) is 11.3 Å². The molecule has 0 aliphatic carbocycles. The van der Waals surface area contributed by atoms with E-state index in [1.165, 1.54) is 5.56 Å². The van der Waals surface area contributed by atoms with E-state index in [1.54, 1.807) is 11.3 Å². The van der Waals surface area contributed by atoms with E-state index >= 15 is 0 Å². The maximum absolute atomic E-state index is 5.62. The van der Waals surface area contributed by atoms with Crippen LogP contribution in [0.2, 0.25) is 0 Å². The van der Waals surface area contributed by atoms with Crippen molar-refractivity contribution in [2.75, 3.05) is 31.1 Å². The van der Waals surface area contributed by atoms with E-state index in [9.17, 15) is 0 Å². The zero-order valence-corrected chi connectivity index (χ0v) is 12.4. The normalized spacial score (nSPS) is 16.6. The molecule has 1 fully saturated rings. The number of hydrogen-bond donors (Lipinski definition) is 1. The SMILES string of the molecule is NCc1csc(N2CCN(Cc3ccccc3)CC2)n1. The second-order valence-corrected chi connectivity index (χ2v) is 5.91.